The molecule has 0 saturated heterocycles. The Balaban J connectivity index is 1.98. The third-order valence-corrected chi connectivity index (χ3v) is 3.48. The van der Waals surface area contributed by atoms with Crippen LogP contribution < -0.4 is 0 Å². The number of aromatic nitrogens is 2. The van der Waals surface area contributed by atoms with E-state index in [0.717, 1.165) is 5.56 Å². The molecule has 0 saturated carbocycles. The molecule has 0 fully saturated rings. The first-order valence-corrected chi connectivity index (χ1v) is 6.36. The second-order valence-electron chi connectivity index (χ2n) is 4.68. The average Bonchev–Trinajstić information content (AvgIpc) is 2.99. The molecule has 0 aliphatic heterocycles. The van der Waals surface area contributed by atoms with E-state index < -0.39 is 0 Å². The number of nitrogens with zero attached hydrogens (tertiary/aromatic N) is 2. The second-order valence-corrected chi connectivity index (χ2v) is 4.68. The van der Waals surface area contributed by atoms with Crippen molar-refractivity contribution in [2.24, 2.45) is 0 Å². The molecular weight excluding hydrogens is 268 g/mol. The van der Waals surface area contributed by atoms with Crippen molar-refractivity contribution in [3.05, 3.63) is 71.2 Å². The maximum absolute atomic E-state index is 12.6. The van der Waals surface area contributed by atoms with E-state index in [9.17, 15) is 9.59 Å². The van der Waals surface area contributed by atoms with Crippen LogP contribution in [0.2, 0.25) is 0 Å². The van der Waals surface area contributed by atoms with Crippen LogP contribution in [0.4, 0.5) is 0 Å². The van der Waals surface area contributed by atoms with E-state index >= 15 is 0 Å². The highest BCUT2D eigenvalue weighted by molar-refractivity contribution is 6.28. The largest absolute Gasteiger partial charge is 0.351 e. The molecule has 0 unspecified atom stereocenters. The van der Waals surface area contributed by atoms with Gasteiger partial charge < -0.3 is 4.52 Å². The molecule has 0 spiro atoms. The van der Waals surface area contributed by atoms with E-state index in [2.05, 4.69) is 10.1 Å². The monoisotopic (exact) mass is 276 g/mol. The number of carbonyl (C=O) groups excluding carboxylic acids is 2. The summed E-state index contributed by atoms with van der Waals surface area (Å²) in [6.07, 6.45) is 2.88. The minimum Gasteiger partial charge on any atom is -0.351 e. The number of ketones is 2. The molecule has 1 aliphatic rings. The third-order valence-electron chi connectivity index (χ3n) is 3.48. The molecule has 100 valence electrons. The molecule has 0 bridgehead atoms. The van der Waals surface area contributed by atoms with Gasteiger partial charge in [-0.2, -0.15) is 0 Å². The van der Waals surface area contributed by atoms with E-state index in [1.165, 1.54) is 18.5 Å². The SMILES string of the molecule is O=C1c2ccncc2C(=O)c2c(-c3ccccc3)noc21. The lowest BCUT2D eigenvalue weighted by Gasteiger charge is -2.12. The lowest BCUT2D eigenvalue weighted by Crippen LogP contribution is -2.20. The van der Waals surface area contributed by atoms with Gasteiger partial charge in [0.1, 0.15) is 11.3 Å². The molecule has 5 nitrogen and oxygen atoms in total. The summed E-state index contributed by atoms with van der Waals surface area (Å²) >= 11 is 0. The fraction of sp³-hybridized carbons (Fsp3) is 0. The first-order chi connectivity index (χ1) is 10.3. The summed E-state index contributed by atoms with van der Waals surface area (Å²) in [5.74, 6) is -0.623. The Morgan fingerprint density at radius 3 is 2.52 bits per heavy atom. The molecule has 0 atom stereocenters. The standard InChI is InChI=1S/C16H8N2O3/c19-14-11-8-17-7-6-10(11)15(20)16-12(14)13(18-21-16)9-4-2-1-3-5-9/h1-8H. The minimum absolute atomic E-state index is 0.00227. The van der Waals surface area contributed by atoms with Gasteiger partial charge in [-0.3, -0.25) is 14.6 Å². The van der Waals surface area contributed by atoms with Crippen molar-refractivity contribution < 1.29 is 14.1 Å². The molecule has 2 heterocycles. The van der Waals surface area contributed by atoms with Crippen LogP contribution in [0.15, 0.2) is 53.3 Å². The molecular formula is C16H8N2O3. The number of hydrogen-bond donors (Lipinski definition) is 0. The van der Waals surface area contributed by atoms with Gasteiger partial charge in [-0.15, -0.1) is 0 Å². The van der Waals surface area contributed by atoms with E-state index in [-0.39, 0.29) is 28.5 Å². The Labute approximate surface area is 119 Å². The number of pyridine rings is 1. The average molecular weight is 276 g/mol. The van der Waals surface area contributed by atoms with Crippen LogP contribution in [0, 0.1) is 0 Å². The highest BCUT2D eigenvalue weighted by Gasteiger charge is 2.36. The smallest absolute Gasteiger partial charge is 0.232 e. The lowest BCUT2D eigenvalue weighted by molar-refractivity contribution is 0.0954. The van der Waals surface area contributed by atoms with Gasteiger partial charge in [0.2, 0.25) is 17.3 Å². The van der Waals surface area contributed by atoms with Gasteiger partial charge in [0.25, 0.3) is 0 Å². The van der Waals surface area contributed by atoms with Crippen LogP contribution in [0.5, 0.6) is 0 Å². The number of benzene rings is 1. The van der Waals surface area contributed by atoms with Gasteiger partial charge in [-0.25, -0.2) is 0 Å². The van der Waals surface area contributed by atoms with Gasteiger partial charge in [-0.05, 0) is 6.07 Å². The Morgan fingerprint density at radius 1 is 0.905 bits per heavy atom. The molecule has 0 radical (unpaired) electrons. The minimum atomic E-state index is -0.336. The predicted octanol–water partition coefficient (Wildman–Crippen LogP) is 2.51. The topological polar surface area (TPSA) is 73.1 Å². The van der Waals surface area contributed by atoms with Crippen LogP contribution in [0.3, 0.4) is 0 Å². The van der Waals surface area contributed by atoms with Gasteiger partial charge in [0.15, 0.2) is 0 Å². The second kappa shape index (κ2) is 4.21. The number of hydrogen-bond acceptors (Lipinski definition) is 5. The molecule has 4 rings (SSSR count). The van der Waals surface area contributed by atoms with Gasteiger partial charge >= 0.3 is 0 Å². The number of rotatable bonds is 1. The zero-order chi connectivity index (χ0) is 14.4. The Morgan fingerprint density at radius 2 is 1.71 bits per heavy atom. The van der Waals surface area contributed by atoms with Crippen LogP contribution in [0.1, 0.15) is 32.0 Å². The zero-order valence-electron chi connectivity index (χ0n) is 10.7. The molecule has 1 aliphatic carbocycles. The summed E-state index contributed by atoms with van der Waals surface area (Å²) in [6.45, 7) is 0. The Bertz CT molecular complexity index is 882. The Hall–Kier alpha value is -3.08. The van der Waals surface area contributed by atoms with Crippen molar-refractivity contribution in [1.82, 2.24) is 10.1 Å². The first-order valence-electron chi connectivity index (χ1n) is 6.36. The fourth-order valence-corrected chi connectivity index (χ4v) is 2.48. The summed E-state index contributed by atoms with van der Waals surface area (Å²) in [7, 11) is 0. The summed E-state index contributed by atoms with van der Waals surface area (Å²) < 4.78 is 5.14. The molecule has 5 heteroatoms. The van der Waals surface area contributed by atoms with Crippen molar-refractivity contribution in [3.63, 3.8) is 0 Å². The van der Waals surface area contributed by atoms with Crippen LogP contribution in [-0.4, -0.2) is 21.7 Å². The summed E-state index contributed by atoms with van der Waals surface area (Å²) in [4.78, 5) is 28.9. The van der Waals surface area contributed by atoms with Gasteiger partial charge in [0, 0.05) is 23.5 Å². The summed E-state index contributed by atoms with van der Waals surface area (Å²) in [5.41, 5.74) is 1.93. The maximum Gasteiger partial charge on any atom is 0.232 e. The van der Waals surface area contributed by atoms with Crippen molar-refractivity contribution in [3.8, 4) is 11.3 Å². The van der Waals surface area contributed by atoms with E-state index in [1.54, 1.807) is 0 Å². The molecule has 21 heavy (non-hydrogen) atoms. The van der Waals surface area contributed by atoms with Crippen LogP contribution >= 0.6 is 0 Å². The predicted molar refractivity (Wildman–Crippen MR) is 73.0 cm³/mol. The molecule has 0 amide bonds. The van der Waals surface area contributed by atoms with E-state index in [4.69, 9.17) is 4.52 Å². The van der Waals surface area contributed by atoms with E-state index in [0.29, 0.717) is 11.3 Å². The van der Waals surface area contributed by atoms with Crippen LogP contribution in [0.25, 0.3) is 11.3 Å². The third kappa shape index (κ3) is 1.57. The Kier molecular flexibility index (Phi) is 2.35. The van der Waals surface area contributed by atoms with Gasteiger partial charge in [0.05, 0.1) is 5.56 Å². The summed E-state index contributed by atoms with van der Waals surface area (Å²) in [5, 5.41) is 3.91. The van der Waals surface area contributed by atoms with Crippen molar-refractivity contribution in [2.75, 3.05) is 0 Å². The zero-order valence-corrected chi connectivity index (χ0v) is 10.7. The highest BCUT2D eigenvalue weighted by Crippen LogP contribution is 2.33. The van der Waals surface area contributed by atoms with Crippen LogP contribution in [-0.2, 0) is 0 Å². The van der Waals surface area contributed by atoms with Crippen molar-refractivity contribution in [1.29, 1.82) is 0 Å². The number of fused-ring (bicyclic) bond motifs is 2. The lowest BCUT2D eigenvalue weighted by atomic mass is 9.87. The molecule has 3 aromatic rings. The highest BCUT2D eigenvalue weighted by atomic mass is 16.5. The fourth-order valence-electron chi connectivity index (χ4n) is 2.48. The van der Waals surface area contributed by atoms with Crippen molar-refractivity contribution in [2.45, 2.75) is 0 Å². The quantitative estimate of drug-likeness (QED) is 0.534. The molecule has 1 aromatic carbocycles. The normalized spacial score (nSPS) is 13.0. The molecule has 0 N–H and O–H groups in total. The maximum atomic E-state index is 12.6. The molecule has 2 aromatic heterocycles. The first kappa shape index (κ1) is 11.7. The number of carbonyl (C=O) groups is 2. The summed E-state index contributed by atoms with van der Waals surface area (Å²) in [6, 6.07) is 10.7. The van der Waals surface area contributed by atoms with E-state index in [1.807, 2.05) is 30.3 Å². The van der Waals surface area contributed by atoms with Crippen molar-refractivity contribution >= 4 is 11.6 Å². The van der Waals surface area contributed by atoms with Gasteiger partial charge in [-0.1, -0.05) is 35.5 Å².